The normalized spacial score (nSPS) is 15.4. The minimum atomic E-state index is -3.74. The second-order valence-electron chi connectivity index (χ2n) is 4.05. The molecule has 0 fully saturated rings. The van der Waals surface area contributed by atoms with Gasteiger partial charge in [0.1, 0.15) is 0 Å². The summed E-state index contributed by atoms with van der Waals surface area (Å²) in [5.41, 5.74) is -1.49. The van der Waals surface area contributed by atoms with Gasteiger partial charge in [-0.15, -0.1) is 0 Å². The second-order valence-corrected chi connectivity index (χ2v) is 7.56. The maximum atomic E-state index is 12.0. The highest BCUT2D eigenvalue weighted by atomic mass is 79.9. The van der Waals surface area contributed by atoms with Crippen LogP contribution in [0.5, 0.6) is 0 Å². The van der Waals surface area contributed by atoms with Gasteiger partial charge in [-0.1, -0.05) is 15.9 Å². The van der Waals surface area contributed by atoms with E-state index in [1.54, 1.807) is 12.1 Å². The molecule has 102 valence electrons. The Labute approximate surface area is 123 Å². The van der Waals surface area contributed by atoms with Crippen molar-refractivity contribution in [2.24, 2.45) is 0 Å². The summed E-state index contributed by atoms with van der Waals surface area (Å²) >= 11 is 6.39. The Bertz CT molecular complexity index is 531. The second kappa shape index (κ2) is 5.98. The summed E-state index contributed by atoms with van der Waals surface area (Å²) < 4.78 is 27.4. The molecule has 0 amide bonds. The van der Waals surface area contributed by atoms with E-state index in [-0.39, 0.29) is 11.4 Å². The van der Waals surface area contributed by atoms with E-state index in [1.807, 2.05) is 0 Å². The summed E-state index contributed by atoms with van der Waals surface area (Å²) in [7, 11) is -3.74. The van der Waals surface area contributed by atoms with Crippen molar-refractivity contribution in [2.75, 3.05) is 13.2 Å². The molecule has 1 aromatic carbocycles. The molecule has 0 aliphatic rings. The van der Waals surface area contributed by atoms with E-state index >= 15 is 0 Å². The molecule has 1 unspecified atom stereocenters. The summed E-state index contributed by atoms with van der Waals surface area (Å²) in [6.07, 6.45) is 0. The third-order valence-corrected chi connectivity index (χ3v) is 5.04. The lowest BCUT2D eigenvalue weighted by Crippen LogP contribution is -2.43. The number of nitrogens with one attached hydrogen (secondary N) is 1. The topological polar surface area (TPSA) is 86.6 Å². The lowest BCUT2D eigenvalue weighted by molar-refractivity contribution is 0.00681. The average molecular weight is 403 g/mol. The molecule has 8 heteroatoms. The molecule has 1 rings (SSSR count). The van der Waals surface area contributed by atoms with Crippen LogP contribution in [0.3, 0.4) is 0 Å². The Morgan fingerprint density at radius 3 is 2.50 bits per heavy atom. The van der Waals surface area contributed by atoms with Crippen molar-refractivity contribution in [1.29, 1.82) is 0 Å². The van der Waals surface area contributed by atoms with Crippen LogP contribution in [0.4, 0.5) is 0 Å². The average Bonchev–Trinajstić information content (AvgIpc) is 2.26. The number of rotatable bonds is 5. The van der Waals surface area contributed by atoms with Crippen LogP contribution in [0.15, 0.2) is 32.0 Å². The fourth-order valence-corrected chi connectivity index (χ4v) is 3.98. The largest absolute Gasteiger partial charge is 0.393 e. The van der Waals surface area contributed by atoms with Crippen molar-refractivity contribution in [3.05, 3.63) is 27.1 Å². The van der Waals surface area contributed by atoms with Crippen LogP contribution in [0.25, 0.3) is 0 Å². The molecule has 5 nitrogen and oxygen atoms in total. The lowest BCUT2D eigenvalue weighted by atomic mass is 10.1. The maximum absolute atomic E-state index is 12.0. The predicted molar refractivity (Wildman–Crippen MR) is 74.7 cm³/mol. The molecule has 18 heavy (non-hydrogen) atoms. The molecule has 0 radical (unpaired) electrons. The fourth-order valence-electron chi connectivity index (χ4n) is 1.08. The molecular weight excluding hydrogens is 390 g/mol. The van der Waals surface area contributed by atoms with Gasteiger partial charge in [-0.3, -0.25) is 0 Å². The molecule has 0 bridgehead atoms. The summed E-state index contributed by atoms with van der Waals surface area (Å²) in [6.45, 7) is 0.539. The first kappa shape index (κ1) is 16.1. The van der Waals surface area contributed by atoms with Gasteiger partial charge in [0.15, 0.2) is 0 Å². The van der Waals surface area contributed by atoms with Crippen LogP contribution in [-0.2, 0) is 10.0 Å². The summed E-state index contributed by atoms with van der Waals surface area (Å²) in [4.78, 5) is 0.0689. The van der Waals surface area contributed by atoms with E-state index in [0.29, 0.717) is 4.47 Å². The van der Waals surface area contributed by atoms with Gasteiger partial charge in [-0.25, -0.2) is 13.1 Å². The Kier molecular flexibility index (Phi) is 5.33. The number of hydrogen-bond donors (Lipinski definition) is 3. The van der Waals surface area contributed by atoms with Crippen LogP contribution in [-0.4, -0.2) is 37.4 Å². The van der Waals surface area contributed by atoms with Crippen LogP contribution in [0.1, 0.15) is 6.92 Å². The molecule has 0 aliphatic heterocycles. The minimum absolute atomic E-state index is 0.0689. The molecule has 0 saturated carbocycles. The molecule has 0 spiro atoms. The highest BCUT2D eigenvalue weighted by Gasteiger charge is 2.24. The number of sulfonamides is 1. The zero-order valence-electron chi connectivity index (χ0n) is 9.52. The van der Waals surface area contributed by atoms with Crippen molar-refractivity contribution < 1.29 is 18.6 Å². The van der Waals surface area contributed by atoms with Gasteiger partial charge >= 0.3 is 0 Å². The van der Waals surface area contributed by atoms with Gasteiger partial charge in [-0.05, 0) is 41.1 Å². The van der Waals surface area contributed by atoms with Gasteiger partial charge in [0.05, 0.1) is 17.1 Å². The van der Waals surface area contributed by atoms with Gasteiger partial charge in [0.25, 0.3) is 0 Å². The number of halogens is 2. The van der Waals surface area contributed by atoms with E-state index < -0.39 is 22.2 Å². The summed E-state index contributed by atoms with van der Waals surface area (Å²) in [5.74, 6) is 0. The number of hydrogen-bond acceptors (Lipinski definition) is 4. The zero-order chi connectivity index (χ0) is 14.0. The van der Waals surface area contributed by atoms with Gasteiger partial charge < -0.3 is 10.2 Å². The first-order chi connectivity index (χ1) is 8.18. The molecule has 0 aromatic heterocycles. The third-order valence-electron chi connectivity index (χ3n) is 2.17. The standard InChI is InChI=1S/C10H13Br2NO4S/c1-10(15,6-14)5-13-18(16,17)9-3-2-7(11)4-8(9)12/h2-4,13-15H,5-6H2,1H3. The van der Waals surface area contributed by atoms with Gasteiger partial charge in [0.2, 0.25) is 10.0 Å². The van der Waals surface area contributed by atoms with Crippen LogP contribution in [0.2, 0.25) is 0 Å². The number of benzene rings is 1. The van der Waals surface area contributed by atoms with E-state index in [9.17, 15) is 13.5 Å². The van der Waals surface area contributed by atoms with Crippen molar-refractivity contribution in [3.8, 4) is 0 Å². The Morgan fingerprint density at radius 2 is 2.00 bits per heavy atom. The molecular formula is C10H13Br2NO4S. The minimum Gasteiger partial charge on any atom is -0.393 e. The third kappa shape index (κ3) is 4.29. The number of aliphatic hydroxyl groups excluding tert-OH is 1. The molecule has 1 aromatic rings. The molecule has 3 N–H and O–H groups in total. The predicted octanol–water partition coefficient (Wildman–Crippen LogP) is 1.23. The molecule has 1 atom stereocenters. The van der Waals surface area contributed by atoms with Gasteiger partial charge in [-0.2, -0.15) is 0 Å². The highest BCUT2D eigenvalue weighted by Crippen LogP contribution is 2.25. The fraction of sp³-hybridized carbons (Fsp3) is 0.400. The molecule has 0 saturated heterocycles. The highest BCUT2D eigenvalue weighted by molar-refractivity contribution is 9.11. The smallest absolute Gasteiger partial charge is 0.241 e. The van der Waals surface area contributed by atoms with Crippen LogP contribution in [0, 0.1) is 0 Å². The van der Waals surface area contributed by atoms with E-state index in [1.165, 1.54) is 13.0 Å². The SMILES string of the molecule is CC(O)(CO)CNS(=O)(=O)c1ccc(Br)cc1Br. The summed E-state index contributed by atoms with van der Waals surface area (Å²) in [5, 5.41) is 18.4. The number of aliphatic hydroxyl groups is 2. The Hall–Kier alpha value is 0.01000. The Morgan fingerprint density at radius 1 is 1.39 bits per heavy atom. The van der Waals surface area contributed by atoms with Crippen molar-refractivity contribution in [1.82, 2.24) is 4.72 Å². The van der Waals surface area contributed by atoms with E-state index in [4.69, 9.17) is 5.11 Å². The van der Waals surface area contributed by atoms with E-state index in [2.05, 4.69) is 36.6 Å². The van der Waals surface area contributed by atoms with Crippen molar-refractivity contribution in [2.45, 2.75) is 17.4 Å². The van der Waals surface area contributed by atoms with E-state index in [0.717, 1.165) is 4.47 Å². The monoisotopic (exact) mass is 401 g/mol. The zero-order valence-corrected chi connectivity index (χ0v) is 13.5. The first-order valence-electron chi connectivity index (χ1n) is 4.96. The van der Waals surface area contributed by atoms with Crippen LogP contribution < -0.4 is 4.72 Å². The molecule has 0 heterocycles. The lowest BCUT2D eigenvalue weighted by Gasteiger charge is -2.20. The summed E-state index contributed by atoms with van der Waals surface area (Å²) in [6, 6.07) is 4.65. The molecule has 0 aliphatic carbocycles. The van der Waals surface area contributed by atoms with Crippen molar-refractivity contribution >= 4 is 41.9 Å². The maximum Gasteiger partial charge on any atom is 0.241 e. The quantitative estimate of drug-likeness (QED) is 0.691. The van der Waals surface area contributed by atoms with Gasteiger partial charge in [0, 0.05) is 15.5 Å². The van der Waals surface area contributed by atoms with Crippen LogP contribution >= 0.6 is 31.9 Å². The van der Waals surface area contributed by atoms with Crippen molar-refractivity contribution in [3.63, 3.8) is 0 Å². The first-order valence-corrected chi connectivity index (χ1v) is 8.03. The Balaban J connectivity index is 2.94.